The van der Waals surface area contributed by atoms with Gasteiger partial charge in [-0.05, 0) is 19.4 Å². The number of aryl methyl sites for hydroxylation is 1. The Kier molecular flexibility index (Phi) is 2.90. The van der Waals surface area contributed by atoms with Crippen LogP contribution in [-0.2, 0) is 0 Å². The highest BCUT2D eigenvalue weighted by atomic mass is 16.5. The molecule has 1 rings (SSSR count). The summed E-state index contributed by atoms with van der Waals surface area (Å²) >= 11 is 0. The lowest BCUT2D eigenvalue weighted by Crippen LogP contribution is -1.97. The minimum Gasteiger partial charge on any atom is -0.491 e. The number of hydrogen-bond donors (Lipinski definition) is 0. The Bertz CT molecular complexity index is 223. The molecule has 0 aliphatic rings. The number of rotatable bonds is 3. The van der Waals surface area contributed by atoms with E-state index in [0.29, 0.717) is 0 Å². The molecule has 0 aliphatic carbocycles. The predicted octanol–water partition coefficient (Wildman–Crippen LogP) is 1.98. The van der Waals surface area contributed by atoms with E-state index in [2.05, 4.69) is 18.0 Å². The first kappa shape index (κ1) is 8.05. The van der Waals surface area contributed by atoms with Crippen molar-refractivity contribution in [1.29, 1.82) is 0 Å². The van der Waals surface area contributed by atoms with Crippen molar-refractivity contribution in [1.82, 2.24) is 4.98 Å². The van der Waals surface area contributed by atoms with Crippen molar-refractivity contribution in [3.63, 3.8) is 0 Å². The van der Waals surface area contributed by atoms with Crippen LogP contribution in [0.3, 0.4) is 0 Å². The average Bonchev–Trinajstić information content (AvgIpc) is 2.03. The normalized spacial score (nSPS) is 9.64. The highest BCUT2D eigenvalue weighted by Crippen LogP contribution is 2.12. The maximum atomic E-state index is 5.37. The third kappa shape index (κ3) is 2.22. The second-order valence-corrected chi connectivity index (χ2v) is 2.35. The van der Waals surface area contributed by atoms with Crippen LogP contribution >= 0.6 is 0 Å². The number of nitrogens with zero attached hydrogens (tertiary/aromatic N) is 1. The van der Waals surface area contributed by atoms with Gasteiger partial charge in [-0.3, -0.25) is 4.98 Å². The summed E-state index contributed by atoms with van der Waals surface area (Å²) in [6.45, 7) is 4.73. The summed E-state index contributed by atoms with van der Waals surface area (Å²) in [6.07, 6.45) is 2.73. The summed E-state index contributed by atoms with van der Waals surface area (Å²) in [5.74, 6) is 0.773. The molecule has 1 heterocycles. The van der Waals surface area contributed by atoms with Crippen LogP contribution in [0.4, 0.5) is 0 Å². The van der Waals surface area contributed by atoms with E-state index in [1.165, 1.54) is 0 Å². The first-order chi connectivity index (χ1) is 5.34. The maximum absolute atomic E-state index is 5.37. The van der Waals surface area contributed by atoms with E-state index >= 15 is 0 Å². The minimum atomic E-state index is 0.739. The van der Waals surface area contributed by atoms with Gasteiger partial charge >= 0.3 is 0 Å². The Labute approximate surface area is 67.2 Å². The van der Waals surface area contributed by atoms with Crippen molar-refractivity contribution in [3.05, 3.63) is 24.0 Å². The van der Waals surface area contributed by atoms with Crippen LogP contribution < -0.4 is 4.74 Å². The molecule has 1 radical (unpaired) electrons. The van der Waals surface area contributed by atoms with Crippen molar-refractivity contribution >= 4 is 0 Å². The molecule has 0 saturated heterocycles. The lowest BCUT2D eigenvalue weighted by atomic mass is 10.3. The van der Waals surface area contributed by atoms with Gasteiger partial charge in [0.1, 0.15) is 5.75 Å². The van der Waals surface area contributed by atoms with E-state index in [1.54, 1.807) is 12.3 Å². The molecule has 2 nitrogen and oxygen atoms in total. The van der Waals surface area contributed by atoms with Crippen LogP contribution in [0.5, 0.6) is 5.75 Å². The molecule has 2 heteroatoms. The lowest BCUT2D eigenvalue weighted by molar-refractivity contribution is 0.313. The van der Waals surface area contributed by atoms with Crippen LogP contribution in [-0.4, -0.2) is 11.6 Å². The predicted molar refractivity (Wildman–Crippen MR) is 43.6 cm³/mol. The number of pyridine rings is 1. The van der Waals surface area contributed by atoms with E-state index in [1.807, 2.05) is 6.92 Å². The van der Waals surface area contributed by atoms with Crippen molar-refractivity contribution in [2.75, 3.05) is 6.61 Å². The number of aromatic nitrogens is 1. The highest BCUT2D eigenvalue weighted by molar-refractivity contribution is 5.23. The van der Waals surface area contributed by atoms with Crippen LogP contribution in [0, 0.1) is 13.0 Å². The Morgan fingerprint density at radius 2 is 2.45 bits per heavy atom. The minimum absolute atomic E-state index is 0.739. The molecule has 11 heavy (non-hydrogen) atoms. The molecular formula is C9H12NO. The maximum Gasteiger partial charge on any atom is 0.148 e. The summed E-state index contributed by atoms with van der Waals surface area (Å²) in [6, 6.07) is 4.75. The van der Waals surface area contributed by atoms with Gasteiger partial charge in [0.25, 0.3) is 0 Å². The van der Waals surface area contributed by atoms with Gasteiger partial charge in [0.15, 0.2) is 0 Å². The van der Waals surface area contributed by atoms with E-state index in [4.69, 9.17) is 4.74 Å². The Hall–Kier alpha value is -1.05. The van der Waals surface area contributed by atoms with E-state index < -0.39 is 0 Å². The molecule has 1 aromatic heterocycles. The molecule has 1 aromatic rings. The van der Waals surface area contributed by atoms with Gasteiger partial charge in [-0.1, -0.05) is 6.92 Å². The highest BCUT2D eigenvalue weighted by Gasteiger charge is 1.96. The molecule has 0 unspecified atom stereocenters. The van der Waals surface area contributed by atoms with Gasteiger partial charge in [0.05, 0.1) is 12.3 Å². The fourth-order valence-electron chi connectivity index (χ4n) is 0.775. The molecule has 0 amide bonds. The average molecular weight is 150 g/mol. The first-order valence-electron chi connectivity index (χ1n) is 3.80. The van der Waals surface area contributed by atoms with Crippen LogP contribution in [0.2, 0.25) is 0 Å². The lowest BCUT2D eigenvalue weighted by Gasteiger charge is -2.04. The fraction of sp³-hybridized carbons (Fsp3) is 0.444. The second-order valence-electron chi connectivity index (χ2n) is 2.35. The standard InChI is InChI=1S/C9H12NO/c1-3-7-11-9-5-4-6-10-8(9)2/h4,6H,3,7H2,1-2H3. The molecule has 0 spiro atoms. The van der Waals surface area contributed by atoms with Gasteiger partial charge in [-0.2, -0.15) is 0 Å². The van der Waals surface area contributed by atoms with Gasteiger partial charge < -0.3 is 4.74 Å². The van der Waals surface area contributed by atoms with Gasteiger partial charge in [0.2, 0.25) is 0 Å². The molecule has 0 fully saturated rings. The summed E-state index contributed by atoms with van der Waals surface area (Å²) in [7, 11) is 0. The van der Waals surface area contributed by atoms with Crippen molar-refractivity contribution in [2.45, 2.75) is 20.3 Å². The zero-order valence-corrected chi connectivity index (χ0v) is 6.92. The van der Waals surface area contributed by atoms with Gasteiger partial charge in [0, 0.05) is 12.3 Å². The third-order valence-electron chi connectivity index (χ3n) is 1.34. The molecule has 0 N–H and O–H groups in total. The van der Waals surface area contributed by atoms with Crippen LogP contribution in [0.1, 0.15) is 19.0 Å². The molecule has 0 saturated carbocycles. The van der Waals surface area contributed by atoms with E-state index in [0.717, 1.165) is 24.5 Å². The van der Waals surface area contributed by atoms with E-state index in [-0.39, 0.29) is 0 Å². The summed E-state index contributed by atoms with van der Waals surface area (Å²) in [5.41, 5.74) is 0.904. The Morgan fingerprint density at radius 1 is 1.64 bits per heavy atom. The molecule has 0 aromatic carbocycles. The zero-order chi connectivity index (χ0) is 8.10. The quantitative estimate of drug-likeness (QED) is 0.657. The molecule has 0 atom stereocenters. The second kappa shape index (κ2) is 3.96. The van der Waals surface area contributed by atoms with Crippen molar-refractivity contribution < 1.29 is 4.74 Å². The number of hydrogen-bond acceptors (Lipinski definition) is 2. The summed E-state index contributed by atoms with van der Waals surface area (Å²) in [4.78, 5) is 4.08. The first-order valence-corrected chi connectivity index (χ1v) is 3.80. The fourth-order valence-corrected chi connectivity index (χ4v) is 0.775. The molecule has 59 valence electrons. The Balaban J connectivity index is 2.62. The molecule has 0 aliphatic heterocycles. The topological polar surface area (TPSA) is 22.1 Å². The SMILES string of the molecule is CCCOc1[c]ccnc1C. The number of ether oxygens (including phenoxy) is 1. The summed E-state index contributed by atoms with van der Waals surface area (Å²) in [5, 5.41) is 0. The molecule has 0 bridgehead atoms. The molecular weight excluding hydrogens is 138 g/mol. The van der Waals surface area contributed by atoms with Crippen molar-refractivity contribution in [3.8, 4) is 5.75 Å². The Morgan fingerprint density at radius 3 is 3.09 bits per heavy atom. The monoisotopic (exact) mass is 150 g/mol. The van der Waals surface area contributed by atoms with E-state index in [9.17, 15) is 0 Å². The van der Waals surface area contributed by atoms with Crippen molar-refractivity contribution in [2.24, 2.45) is 0 Å². The van der Waals surface area contributed by atoms with Crippen LogP contribution in [0.15, 0.2) is 12.3 Å². The zero-order valence-electron chi connectivity index (χ0n) is 6.92. The summed E-state index contributed by atoms with van der Waals surface area (Å²) < 4.78 is 5.37. The smallest absolute Gasteiger partial charge is 0.148 e. The van der Waals surface area contributed by atoms with Crippen LogP contribution in [0.25, 0.3) is 0 Å². The largest absolute Gasteiger partial charge is 0.491 e. The third-order valence-corrected chi connectivity index (χ3v) is 1.34. The van der Waals surface area contributed by atoms with Gasteiger partial charge in [-0.15, -0.1) is 0 Å². The van der Waals surface area contributed by atoms with Gasteiger partial charge in [-0.25, -0.2) is 0 Å².